The van der Waals surface area contributed by atoms with Crippen molar-refractivity contribution in [3.63, 3.8) is 0 Å². The molecule has 2 aromatic heterocycles. The topological polar surface area (TPSA) is 93.5 Å². The van der Waals surface area contributed by atoms with E-state index in [-0.39, 0.29) is 27.7 Å². The zero-order valence-corrected chi connectivity index (χ0v) is 19.0. The smallest absolute Gasteiger partial charge is 0.238 e. The molecule has 0 bridgehead atoms. The van der Waals surface area contributed by atoms with Crippen LogP contribution in [0.15, 0.2) is 49.1 Å². The number of morpholine rings is 1. The van der Waals surface area contributed by atoms with Gasteiger partial charge in [-0.3, -0.25) is 4.98 Å². The van der Waals surface area contributed by atoms with Crippen LogP contribution in [0.2, 0.25) is 5.02 Å². The number of hydrogen-bond donors (Lipinski definition) is 1. The molecular formula is C24H21ClFN5O3. The van der Waals surface area contributed by atoms with Crippen molar-refractivity contribution in [1.82, 2.24) is 19.9 Å². The highest BCUT2D eigenvalue weighted by atomic mass is 35.5. The van der Waals surface area contributed by atoms with Crippen molar-refractivity contribution < 1.29 is 19.0 Å². The van der Waals surface area contributed by atoms with Crippen molar-refractivity contribution in [2.24, 2.45) is 0 Å². The van der Waals surface area contributed by atoms with Crippen LogP contribution >= 0.6 is 11.6 Å². The molecule has 1 aliphatic rings. The van der Waals surface area contributed by atoms with E-state index in [0.29, 0.717) is 29.8 Å². The van der Waals surface area contributed by atoms with Gasteiger partial charge in [0.2, 0.25) is 5.88 Å². The molecule has 1 aliphatic heterocycles. The minimum Gasteiger partial charge on any atom is -0.480 e. The van der Waals surface area contributed by atoms with Crippen molar-refractivity contribution in [1.29, 1.82) is 0 Å². The first-order valence-electron chi connectivity index (χ1n) is 10.7. The molecule has 0 spiro atoms. The Kier molecular flexibility index (Phi) is 6.23. The number of rotatable bonds is 5. The van der Waals surface area contributed by atoms with Crippen LogP contribution in [0, 0.1) is 5.82 Å². The van der Waals surface area contributed by atoms with Crippen LogP contribution in [-0.4, -0.2) is 58.5 Å². The minimum absolute atomic E-state index is 0.0504. The Morgan fingerprint density at radius 3 is 2.68 bits per heavy atom. The van der Waals surface area contributed by atoms with Crippen molar-refractivity contribution in [2.45, 2.75) is 6.10 Å². The Hall–Kier alpha value is -3.40. The predicted molar refractivity (Wildman–Crippen MR) is 126 cm³/mol. The summed E-state index contributed by atoms with van der Waals surface area (Å²) >= 11 is 6.32. The van der Waals surface area contributed by atoms with Crippen molar-refractivity contribution in [3.05, 3.63) is 71.2 Å². The fourth-order valence-corrected chi connectivity index (χ4v) is 4.32. The molecule has 0 unspecified atom stereocenters. The molecule has 2 aromatic carbocycles. The molecule has 1 fully saturated rings. The largest absolute Gasteiger partial charge is 0.480 e. The standard InChI is InChI=1S/C24H21ClFN5O3/c1-33-24-22(27-4-5-28-24)23(32)16-11-17(19(26)12-18(16)25)21-15-3-2-14(10-20(15)29-13-30-21)31-6-8-34-9-7-31/h2-5,10-13,23,32H,6-9H2,1H3/t23-/m1/s1. The Bertz CT molecular complexity index is 1350. The molecule has 1 N–H and O–H groups in total. The van der Waals surface area contributed by atoms with E-state index >= 15 is 4.39 Å². The summed E-state index contributed by atoms with van der Waals surface area (Å²) in [5.74, 6) is -0.413. The van der Waals surface area contributed by atoms with E-state index in [1.807, 2.05) is 18.2 Å². The first-order valence-corrected chi connectivity index (χ1v) is 11.0. The average Bonchev–Trinajstić information content (AvgIpc) is 2.88. The molecule has 0 saturated carbocycles. The Morgan fingerprint density at radius 1 is 1.09 bits per heavy atom. The number of nitrogens with zero attached hydrogens (tertiary/aromatic N) is 5. The number of aliphatic hydroxyl groups is 1. The number of aliphatic hydroxyl groups excluding tert-OH is 1. The van der Waals surface area contributed by atoms with Crippen molar-refractivity contribution in [3.8, 4) is 17.1 Å². The molecule has 174 valence electrons. The second-order valence-electron chi connectivity index (χ2n) is 7.73. The van der Waals surface area contributed by atoms with Gasteiger partial charge in [-0.2, -0.15) is 0 Å². The van der Waals surface area contributed by atoms with E-state index in [9.17, 15) is 5.11 Å². The summed E-state index contributed by atoms with van der Waals surface area (Å²) in [5, 5.41) is 11.7. The summed E-state index contributed by atoms with van der Waals surface area (Å²) < 4.78 is 25.8. The lowest BCUT2D eigenvalue weighted by Gasteiger charge is -2.29. The van der Waals surface area contributed by atoms with Gasteiger partial charge in [-0.25, -0.2) is 19.3 Å². The molecule has 1 atom stereocenters. The van der Waals surface area contributed by atoms with Gasteiger partial charge in [0.1, 0.15) is 23.9 Å². The monoisotopic (exact) mass is 481 g/mol. The maximum Gasteiger partial charge on any atom is 0.238 e. The van der Waals surface area contributed by atoms with Crippen LogP contribution < -0.4 is 9.64 Å². The molecule has 0 aliphatic carbocycles. The number of aromatic nitrogens is 4. The summed E-state index contributed by atoms with van der Waals surface area (Å²) in [6, 6.07) is 8.45. The van der Waals surface area contributed by atoms with Gasteiger partial charge in [0.05, 0.1) is 31.5 Å². The fourth-order valence-electron chi connectivity index (χ4n) is 4.06. The summed E-state index contributed by atoms with van der Waals surface area (Å²) in [6.07, 6.45) is 3.00. The number of hydrogen-bond acceptors (Lipinski definition) is 8. The molecule has 10 heteroatoms. The predicted octanol–water partition coefficient (Wildman–Crippen LogP) is 3.81. The number of anilines is 1. The van der Waals surface area contributed by atoms with Gasteiger partial charge in [-0.1, -0.05) is 11.6 Å². The number of ether oxygens (including phenoxy) is 2. The van der Waals surface area contributed by atoms with E-state index in [4.69, 9.17) is 21.1 Å². The molecule has 34 heavy (non-hydrogen) atoms. The lowest BCUT2D eigenvalue weighted by molar-refractivity contribution is 0.122. The maximum atomic E-state index is 15.1. The molecule has 5 rings (SSSR count). The van der Waals surface area contributed by atoms with Crippen LogP contribution in [0.5, 0.6) is 5.88 Å². The van der Waals surface area contributed by atoms with Gasteiger partial charge < -0.3 is 19.5 Å². The highest BCUT2D eigenvalue weighted by Gasteiger charge is 2.24. The summed E-state index contributed by atoms with van der Waals surface area (Å²) in [4.78, 5) is 19.2. The molecule has 4 aromatic rings. The number of fused-ring (bicyclic) bond motifs is 1. The third-order valence-electron chi connectivity index (χ3n) is 5.78. The SMILES string of the molecule is COc1nccnc1[C@H](O)c1cc(-c2ncnc3cc(N4CCOCC4)ccc23)c(F)cc1Cl. The second-order valence-corrected chi connectivity index (χ2v) is 8.14. The highest BCUT2D eigenvalue weighted by molar-refractivity contribution is 6.31. The molecule has 8 nitrogen and oxygen atoms in total. The van der Waals surface area contributed by atoms with Crippen LogP contribution in [0.4, 0.5) is 10.1 Å². The zero-order chi connectivity index (χ0) is 23.7. The van der Waals surface area contributed by atoms with Crippen molar-refractivity contribution in [2.75, 3.05) is 38.3 Å². The van der Waals surface area contributed by atoms with Gasteiger partial charge in [0.25, 0.3) is 0 Å². The van der Waals surface area contributed by atoms with E-state index < -0.39 is 11.9 Å². The lowest BCUT2D eigenvalue weighted by Crippen LogP contribution is -2.36. The van der Waals surface area contributed by atoms with Gasteiger partial charge in [0, 0.05) is 52.7 Å². The van der Waals surface area contributed by atoms with Gasteiger partial charge in [0.15, 0.2) is 0 Å². The van der Waals surface area contributed by atoms with E-state index in [1.54, 1.807) is 0 Å². The number of halogens is 2. The van der Waals surface area contributed by atoms with Gasteiger partial charge >= 0.3 is 0 Å². The Morgan fingerprint density at radius 2 is 1.88 bits per heavy atom. The second kappa shape index (κ2) is 9.46. The number of benzene rings is 2. The Labute approximate surface area is 200 Å². The summed E-state index contributed by atoms with van der Waals surface area (Å²) in [5.41, 5.74) is 2.71. The molecule has 0 radical (unpaired) electrons. The molecular weight excluding hydrogens is 461 g/mol. The molecule has 1 saturated heterocycles. The first-order chi connectivity index (χ1) is 16.6. The molecule has 0 amide bonds. The number of methoxy groups -OCH3 is 1. The van der Waals surface area contributed by atoms with E-state index in [2.05, 4.69) is 24.8 Å². The lowest BCUT2D eigenvalue weighted by atomic mass is 9.99. The van der Waals surface area contributed by atoms with Crippen LogP contribution in [0.1, 0.15) is 17.4 Å². The normalized spacial score (nSPS) is 14.9. The fraction of sp³-hybridized carbons (Fsp3) is 0.250. The highest BCUT2D eigenvalue weighted by Crippen LogP contribution is 2.37. The molecule has 3 heterocycles. The van der Waals surface area contributed by atoms with E-state index in [0.717, 1.165) is 24.8 Å². The van der Waals surface area contributed by atoms with Crippen LogP contribution in [0.25, 0.3) is 22.2 Å². The van der Waals surface area contributed by atoms with Gasteiger partial charge in [-0.15, -0.1) is 0 Å². The Balaban J connectivity index is 1.59. The van der Waals surface area contributed by atoms with E-state index in [1.165, 1.54) is 31.9 Å². The third kappa shape index (κ3) is 4.13. The quantitative estimate of drug-likeness (QED) is 0.460. The van der Waals surface area contributed by atoms with Crippen LogP contribution in [0.3, 0.4) is 0 Å². The zero-order valence-electron chi connectivity index (χ0n) is 18.3. The van der Waals surface area contributed by atoms with Crippen molar-refractivity contribution >= 4 is 28.2 Å². The van der Waals surface area contributed by atoms with Crippen LogP contribution in [-0.2, 0) is 4.74 Å². The average molecular weight is 482 g/mol. The van der Waals surface area contributed by atoms with Gasteiger partial charge in [-0.05, 0) is 30.3 Å². The first kappa shape index (κ1) is 22.4. The minimum atomic E-state index is -1.28. The third-order valence-corrected chi connectivity index (χ3v) is 6.10. The maximum absolute atomic E-state index is 15.1. The summed E-state index contributed by atoms with van der Waals surface area (Å²) in [6.45, 7) is 2.93. The summed E-state index contributed by atoms with van der Waals surface area (Å²) in [7, 11) is 1.43.